The summed E-state index contributed by atoms with van der Waals surface area (Å²) in [6.45, 7) is 0. The van der Waals surface area contributed by atoms with E-state index < -0.39 is 5.97 Å². The van der Waals surface area contributed by atoms with Gasteiger partial charge in [-0.2, -0.15) is 0 Å². The van der Waals surface area contributed by atoms with Crippen LogP contribution in [0, 0.1) is 0 Å². The van der Waals surface area contributed by atoms with Crippen LogP contribution in [0.3, 0.4) is 0 Å². The first kappa shape index (κ1) is 13.5. The molecule has 0 saturated heterocycles. The number of aliphatic carboxylic acids is 1. The van der Waals surface area contributed by atoms with E-state index in [1.54, 1.807) is 18.0 Å². The number of carboxylic acid groups (broad SMARTS) is 1. The summed E-state index contributed by atoms with van der Waals surface area (Å²) in [5.41, 5.74) is 0. The van der Waals surface area contributed by atoms with Crippen LogP contribution in [0.15, 0.2) is 27.8 Å². The van der Waals surface area contributed by atoms with Crippen molar-refractivity contribution in [3.63, 3.8) is 0 Å². The fraction of sp³-hybridized carbons (Fsp3) is 0.455. The Balaban J connectivity index is 2.12. The SMILES string of the molecule is O=C(O)CCCCCSc1ncccc1Br. The van der Waals surface area contributed by atoms with E-state index in [9.17, 15) is 4.79 Å². The first-order valence-electron chi connectivity index (χ1n) is 5.15. The molecule has 0 saturated carbocycles. The van der Waals surface area contributed by atoms with Gasteiger partial charge in [0.05, 0.1) is 0 Å². The van der Waals surface area contributed by atoms with Crippen LogP contribution in [0.25, 0.3) is 0 Å². The Morgan fingerprint density at radius 3 is 2.94 bits per heavy atom. The van der Waals surface area contributed by atoms with Gasteiger partial charge in [0, 0.05) is 17.1 Å². The molecule has 0 unspecified atom stereocenters. The molecule has 3 nitrogen and oxygen atoms in total. The molecule has 1 rings (SSSR count). The highest BCUT2D eigenvalue weighted by atomic mass is 79.9. The maximum absolute atomic E-state index is 10.3. The lowest BCUT2D eigenvalue weighted by atomic mass is 10.2. The average Bonchev–Trinajstić information content (AvgIpc) is 2.25. The number of aromatic nitrogens is 1. The van der Waals surface area contributed by atoms with Crippen LogP contribution in [0.4, 0.5) is 0 Å². The minimum absolute atomic E-state index is 0.276. The lowest BCUT2D eigenvalue weighted by molar-refractivity contribution is -0.137. The molecule has 0 bridgehead atoms. The van der Waals surface area contributed by atoms with Crippen LogP contribution in [0.2, 0.25) is 0 Å². The van der Waals surface area contributed by atoms with Crippen LogP contribution < -0.4 is 0 Å². The Hall–Kier alpha value is -0.550. The first-order chi connectivity index (χ1) is 7.70. The Morgan fingerprint density at radius 2 is 2.25 bits per heavy atom. The molecular formula is C11H14BrNO2S. The van der Waals surface area contributed by atoms with E-state index in [0.717, 1.165) is 34.5 Å². The lowest BCUT2D eigenvalue weighted by Crippen LogP contribution is -1.94. The van der Waals surface area contributed by atoms with E-state index in [1.165, 1.54) is 0 Å². The van der Waals surface area contributed by atoms with Gasteiger partial charge in [-0.05, 0) is 46.7 Å². The number of rotatable bonds is 7. The molecule has 0 atom stereocenters. The molecule has 0 fully saturated rings. The number of nitrogens with zero attached hydrogens (tertiary/aromatic N) is 1. The Labute approximate surface area is 108 Å². The molecule has 0 amide bonds. The summed E-state index contributed by atoms with van der Waals surface area (Å²) < 4.78 is 1.02. The van der Waals surface area contributed by atoms with Gasteiger partial charge in [-0.3, -0.25) is 4.79 Å². The van der Waals surface area contributed by atoms with Gasteiger partial charge in [-0.1, -0.05) is 6.42 Å². The molecule has 0 aliphatic heterocycles. The molecule has 0 spiro atoms. The number of hydrogen-bond acceptors (Lipinski definition) is 3. The van der Waals surface area contributed by atoms with Crippen molar-refractivity contribution in [3.8, 4) is 0 Å². The number of unbranched alkanes of at least 4 members (excludes halogenated alkanes) is 2. The fourth-order valence-corrected chi connectivity index (χ4v) is 2.68. The van der Waals surface area contributed by atoms with E-state index in [1.807, 2.05) is 12.1 Å². The van der Waals surface area contributed by atoms with Crippen molar-refractivity contribution < 1.29 is 9.90 Å². The zero-order valence-corrected chi connectivity index (χ0v) is 11.3. The zero-order valence-electron chi connectivity index (χ0n) is 8.86. The largest absolute Gasteiger partial charge is 0.481 e. The van der Waals surface area contributed by atoms with Crippen LogP contribution >= 0.6 is 27.7 Å². The third-order valence-electron chi connectivity index (χ3n) is 2.00. The molecule has 1 aromatic heterocycles. The molecule has 0 aliphatic carbocycles. The van der Waals surface area contributed by atoms with E-state index in [4.69, 9.17) is 5.11 Å². The van der Waals surface area contributed by atoms with Gasteiger partial charge in [-0.15, -0.1) is 11.8 Å². The Kier molecular flexibility index (Phi) is 6.49. The third-order valence-corrected chi connectivity index (χ3v) is 3.99. The summed E-state index contributed by atoms with van der Waals surface area (Å²) in [5, 5.41) is 9.46. The van der Waals surface area contributed by atoms with Crippen molar-refractivity contribution in [1.29, 1.82) is 0 Å². The fourth-order valence-electron chi connectivity index (χ4n) is 1.20. The predicted molar refractivity (Wildman–Crippen MR) is 68.8 cm³/mol. The molecule has 88 valence electrons. The summed E-state index contributed by atoms with van der Waals surface area (Å²) in [7, 11) is 0. The van der Waals surface area contributed by atoms with E-state index >= 15 is 0 Å². The van der Waals surface area contributed by atoms with Gasteiger partial charge in [0.1, 0.15) is 5.03 Å². The maximum Gasteiger partial charge on any atom is 0.303 e. The van der Waals surface area contributed by atoms with Gasteiger partial charge in [0.2, 0.25) is 0 Å². The lowest BCUT2D eigenvalue weighted by Gasteiger charge is -2.02. The standard InChI is InChI=1S/C11H14BrNO2S/c12-9-5-4-7-13-11(9)16-8-3-1-2-6-10(14)15/h4-5,7H,1-3,6,8H2,(H,14,15). The summed E-state index contributed by atoms with van der Waals surface area (Å²) in [6.07, 6.45) is 4.81. The molecule has 0 aliphatic rings. The van der Waals surface area contributed by atoms with Gasteiger partial charge in [-0.25, -0.2) is 4.98 Å². The number of hydrogen-bond donors (Lipinski definition) is 1. The van der Waals surface area contributed by atoms with Gasteiger partial charge < -0.3 is 5.11 Å². The van der Waals surface area contributed by atoms with Crippen molar-refractivity contribution in [2.45, 2.75) is 30.7 Å². The van der Waals surface area contributed by atoms with Crippen molar-refractivity contribution in [2.75, 3.05) is 5.75 Å². The Bertz CT molecular complexity index is 347. The molecule has 1 aromatic rings. The van der Waals surface area contributed by atoms with Crippen molar-refractivity contribution in [3.05, 3.63) is 22.8 Å². The van der Waals surface area contributed by atoms with Crippen LogP contribution in [-0.2, 0) is 4.79 Å². The van der Waals surface area contributed by atoms with Gasteiger partial charge in [0.25, 0.3) is 0 Å². The number of carboxylic acids is 1. The number of pyridine rings is 1. The molecule has 1 N–H and O–H groups in total. The number of thioether (sulfide) groups is 1. The first-order valence-corrected chi connectivity index (χ1v) is 6.93. The highest BCUT2D eigenvalue weighted by Gasteiger charge is 2.01. The average molecular weight is 304 g/mol. The summed E-state index contributed by atoms with van der Waals surface area (Å²) in [4.78, 5) is 14.5. The summed E-state index contributed by atoms with van der Waals surface area (Å²) in [5.74, 6) is 0.273. The second kappa shape index (κ2) is 7.68. The van der Waals surface area contributed by atoms with Gasteiger partial charge >= 0.3 is 5.97 Å². The minimum atomic E-state index is -0.708. The minimum Gasteiger partial charge on any atom is -0.481 e. The summed E-state index contributed by atoms with van der Waals surface area (Å²) in [6, 6.07) is 3.86. The topological polar surface area (TPSA) is 50.2 Å². The normalized spacial score (nSPS) is 10.3. The highest BCUT2D eigenvalue weighted by Crippen LogP contribution is 2.25. The molecular weight excluding hydrogens is 290 g/mol. The Morgan fingerprint density at radius 1 is 1.44 bits per heavy atom. The molecule has 16 heavy (non-hydrogen) atoms. The summed E-state index contributed by atoms with van der Waals surface area (Å²) >= 11 is 5.14. The second-order valence-electron chi connectivity index (χ2n) is 3.34. The van der Waals surface area contributed by atoms with E-state index in [0.29, 0.717) is 0 Å². The van der Waals surface area contributed by atoms with Crippen molar-refractivity contribution >= 4 is 33.7 Å². The molecule has 1 heterocycles. The molecule has 0 aromatic carbocycles. The predicted octanol–water partition coefficient (Wildman–Crippen LogP) is 3.58. The molecule has 0 radical (unpaired) electrons. The monoisotopic (exact) mass is 303 g/mol. The van der Waals surface area contributed by atoms with Gasteiger partial charge in [0.15, 0.2) is 0 Å². The van der Waals surface area contributed by atoms with Crippen LogP contribution in [-0.4, -0.2) is 21.8 Å². The maximum atomic E-state index is 10.3. The van der Waals surface area contributed by atoms with Crippen LogP contribution in [0.1, 0.15) is 25.7 Å². The van der Waals surface area contributed by atoms with Crippen molar-refractivity contribution in [2.24, 2.45) is 0 Å². The zero-order chi connectivity index (χ0) is 11.8. The second-order valence-corrected chi connectivity index (χ2v) is 5.28. The smallest absolute Gasteiger partial charge is 0.303 e. The number of halogens is 1. The van der Waals surface area contributed by atoms with Crippen molar-refractivity contribution in [1.82, 2.24) is 4.98 Å². The number of carbonyl (C=O) groups is 1. The third kappa shape index (κ3) is 5.51. The molecule has 5 heteroatoms. The van der Waals surface area contributed by atoms with E-state index in [-0.39, 0.29) is 6.42 Å². The highest BCUT2D eigenvalue weighted by molar-refractivity contribution is 9.10. The van der Waals surface area contributed by atoms with E-state index in [2.05, 4.69) is 20.9 Å². The van der Waals surface area contributed by atoms with Crippen LogP contribution in [0.5, 0.6) is 0 Å². The quantitative estimate of drug-likeness (QED) is 0.618.